The van der Waals surface area contributed by atoms with Crippen LogP contribution in [0.5, 0.6) is 5.75 Å². The number of pyridine rings is 1. The van der Waals surface area contributed by atoms with E-state index >= 15 is 0 Å². The fourth-order valence-electron chi connectivity index (χ4n) is 1.88. The van der Waals surface area contributed by atoms with Crippen LogP contribution in [0, 0.1) is 11.8 Å². The minimum absolute atomic E-state index is 0.382. The summed E-state index contributed by atoms with van der Waals surface area (Å²) in [5.41, 5.74) is 0.871. The van der Waals surface area contributed by atoms with E-state index < -0.39 is 0 Å². The van der Waals surface area contributed by atoms with Gasteiger partial charge in [0, 0.05) is 11.8 Å². The lowest BCUT2D eigenvalue weighted by atomic mass is 10.1. The van der Waals surface area contributed by atoms with Gasteiger partial charge in [0.15, 0.2) is 0 Å². The smallest absolute Gasteiger partial charge is 0.137 e. The van der Waals surface area contributed by atoms with Gasteiger partial charge in [0.2, 0.25) is 0 Å². The van der Waals surface area contributed by atoms with Gasteiger partial charge in [-0.3, -0.25) is 4.98 Å². The van der Waals surface area contributed by atoms with Gasteiger partial charge in [-0.1, -0.05) is 6.92 Å². The Balaban J connectivity index is 2.10. The number of aromatic nitrogens is 1. The topological polar surface area (TPSA) is 42.4 Å². The Labute approximate surface area is 90.1 Å². The molecule has 2 rings (SSSR count). The van der Waals surface area contributed by atoms with E-state index in [4.69, 9.17) is 4.74 Å². The van der Waals surface area contributed by atoms with E-state index in [-0.39, 0.29) is 6.10 Å². The van der Waals surface area contributed by atoms with Gasteiger partial charge in [-0.05, 0) is 31.2 Å². The number of ether oxygens (including phenoxy) is 1. The molecule has 1 heterocycles. The molecule has 82 valence electrons. The zero-order chi connectivity index (χ0) is 10.8. The van der Waals surface area contributed by atoms with Crippen molar-refractivity contribution in [2.75, 3.05) is 6.61 Å². The second-order valence-corrected chi connectivity index (χ2v) is 4.21. The van der Waals surface area contributed by atoms with Crippen LogP contribution in [0.2, 0.25) is 0 Å². The highest BCUT2D eigenvalue weighted by Crippen LogP contribution is 2.46. The van der Waals surface area contributed by atoms with Crippen LogP contribution in [-0.2, 0) is 0 Å². The first-order chi connectivity index (χ1) is 7.22. The van der Waals surface area contributed by atoms with Gasteiger partial charge >= 0.3 is 0 Å². The number of aliphatic hydroxyl groups excluding tert-OH is 1. The summed E-state index contributed by atoms with van der Waals surface area (Å²) in [6.07, 6.45) is 4.13. The lowest BCUT2D eigenvalue weighted by Crippen LogP contribution is -2.02. The summed E-state index contributed by atoms with van der Waals surface area (Å²) in [6, 6.07) is 1.88. The van der Waals surface area contributed by atoms with Gasteiger partial charge in [0.05, 0.1) is 18.9 Å². The highest BCUT2D eigenvalue weighted by atomic mass is 16.5. The number of aliphatic hydroxyl groups is 1. The van der Waals surface area contributed by atoms with Gasteiger partial charge < -0.3 is 9.84 Å². The van der Waals surface area contributed by atoms with Gasteiger partial charge in [-0.2, -0.15) is 0 Å². The van der Waals surface area contributed by atoms with E-state index in [2.05, 4.69) is 11.9 Å². The van der Waals surface area contributed by atoms with Gasteiger partial charge in [-0.25, -0.2) is 0 Å². The van der Waals surface area contributed by atoms with Gasteiger partial charge in [0.25, 0.3) is 0 Å². The normalized spacial score (nSPS) is 26.1. The van der Waals surface area contributed by atoms with Crippen molar-refractivity contribution in [2.24, 2.45) is 11.8 Å². The number of nitrogens with zero attached hydrogens (tertiary/aromatic N) is 1. The molecule has 0 amide bonds. The Morgan fingerprint density at radius 1 is 1.60 bits per heavy atom. The zero-order valence-electron chi connectivity index (χ0n) is 9.18. The number of rotatable bonds is 4. The molecule has 0 saturated heterocycles. The number of hydrogen-bond acceptors (Lipinski definition) is 3. The fourth-order valence-corrected chi connectivity index (χ4v) is 1.88. The van der Waals surface area contributed by atoms with E-state index in [0.29, 0.717) is 18.4 Å². The molecule has 1 aliphatic rings. The number of hydrogen-bond donors (Lipinski definition) is 1. The largest absolute Gasteiger partial charge is 0.492 e. The van der Waals surface area contributed by atoms with Crippen molar-refractivity contribution in [3.8, 4) is 5.75 Å². The van der Waals surface area contributed by atoms with Crippen LogP contribution < -0.4 is 4.74 Å². The minimum Gasteiger partial charge on any atom is -0.492 e. The fraction of sp³-hybridized carbons (Fsp3) is 0.583. The molecular formula is C12H17NO2. The van der Waals surface area contributed by atoms with Crippen molar-refractivity contribution in [1.82, 2.24) is 4.98 Å². The Kier molecular flexibility index (Phi) is 2.91. The molecule has 1 fully saturated rings. The first kappa shape index (κ1) is 10.4. The first-order valence-electron chi connectivity index (χ1n) is 5.48. The van der Waals surface area contributed by atoms with E-state index in [1.807, 2.05) is 13.0 Å². The molecule has 3 atom stereocenters. The quantitative estimate of drug-likeness (QED) is 0.822. The third-order valence-corrected chi connectivity index (χ3v) is 2.96. The highest BCUT2D eigenvalue weighted by molar-refractivity contribution is 5.26. The summed E-state index contributed by atoms with van der Waals surface area (Å²) >= 11 is 0. The van der Waals surface area contributed by atoms with Crippen LogP contribution in [0.3, 0.4) is 0 Å². The molecule has 1 aliphatic carbocycles. The van der Waals surface area contributed by atoms with Crippen molar-refractivity contribution in [3.05, 3.63) is 24.0 Å². The molecule has 0 radical (unpaired) electrons. The molecule has 1 saturated carbocycles. The maximum atomic E-state index is 10.0. The standard InChI is InChI=1S/C12H17NO2/c1-3-15-10-5-9(6-13-7-10)12(14)11-4-8(11)2/h5-8,11-12,14H,3-4H2,1-2H3. The van der Waals surface area contributed by atoms with Crippen LogP contribution in [0.1, 0.15) is 31.9 Å². The van der Waals surface area contributed by atoms with Crippen LogP contribution in [-0.4, -0.2) is 16.7 Å². The molecule has 3 unspecified atom stereocenters. The second kappa shape index (κ2) is 4.19. The Bertz CT molecular complexity index is 340. The second-order valence-electron chi connectivity index (χ2n) is 4.21. The summed E-state index contributed by atoms with van der Waals surface area (Å²) in [4.78, 5) is 4.07. The summed E-state index contributed by atoms with van der Waals surface area (Å²) in [5, 5.41) is 10.0. The van der Waals surface area contributed by atoms with E-state index in [1.54, 1.807) is 12.4 Å². The predicted molar refractivity (Wildman–Crippen MR) is 57.6 cm³/mol. The summed E-state index contributed by atoms with van der Waals surface area (Å²) in [7, 11) is 0. The average molecular weight is 207 g/mol. The first-order valence-corrected chi connectivity index (χ1v) is 5.48. The average Bonchev–Trinajstić information content (AvgIpc) is 2.95. The van der Waals surface area contributed by atoms with Gasteiger partial charge in [-0.15, -0.1) is 0 Å². The molecule has 0 aliphatic heterocycles. The van der Waals surface area contributed by atoms with E-state index in [0.717, 1.165) is 17.7 Å². The SMILES string of the molecule is CCOc1cncc(C(O)C2CC2C)c1. The summed E-state index contributed by atoms with van der Waals surface area (Å²) in [6.45, 7) is 4.72. The summed E-state index contributed by atoms with van der Waals surface area (Å²) in [5.74, 6) is 1.78. The summed E-state index contributed by atoms with van der Waals surface area (Å²) < 4.78 is 5.35. The monoisotopic (exact) mass is 207 g/mol. The van der Waals surface area contributed by atoms with Crippen LogP contribution >= 0.6 is 0 Å². The Hall–Kier alpha value is -1.09. The lowest BCUT2D eigenvalue weighted by molar-refractivity contribution is 0.147. The molecule has 1 aromatic heterocycles. The van der Waals surface area contributed by atoms with E-state index in [1.165, 1.54) is 0 Å². The maximum absolute atomic E-state index is 10.0. The van der Waals surface area contributed by atoms with Crippen molar-refractivity contribution in [3.63, 3.8) is 0 Å². The minimum atomic E-state index is -0.382. The van der Waals surface area contributed by atoms with Crippen molar-refractivity contribution in [2.45, 2.75) is 26.4 Å². The molecule has 0 bridgehead atoms. The highest BCUT2D eigenvalue weighted by Gasteiger charge is 2.39. The molecule has 0 spiro atoms. The van der Waals surface area contributed by atoms with Crippen LogP contribution in [0.15, 0.2) is 18.5 Å². The van der Waals surface area contributed by atoms with Crippen molar-refractivity contribution < 1.29 is 9.84 Å². The van der Waals surface area contributed by atoms with Crippen LogP contribution in [0.4, 0.5) is 0 Å². The molecule has 15 heavy (non-hydrogen) atoms. The third-order valence-electron chi connectivity index (χ3n) is 2.96. The van der Waals surface area contributed by atoms with E-state index in [9.17, 15) is 5.11 Å². The van der Waals surface area contributed by atoms with Crippen molar-refractivity contribution >= 4 is 0 Å². The van der Waals surface area contributed by atoms with Crippen molar-refractivity contribution in [1.29, 1.82) is 0 Å². The van der Waals surface area contributed by atoms with Gasteiger partial charge in [0.1, 0.15) is 5.75 Å². The molecule has 1 aromatic rings. The maximum Gasteiger partial charge on any atom is 0.137 e. The molecular weight excluding hydrogens is 190 g/mol. The van der Waals surface area contributed by atoms with Crippen LogP contribution in [0.25, 0.3) is 0 Å². The third kappa shape index (κ3) is 2.29. The Morgan fingerprint density at radius 2 is 2.33 bits per heavy atom. The predicted octanol–water partition coefficient (Wildman–Crippen LogP) is 2.17. The molecule has 1 N–H and O–H groups in total. The lowest BCUT2D eigenvalue weighted by Gasteiger charge is -2.11. The molecule has 3 heteroatoms. The zero-order valence-corrected chi connectivity index (χ0v) is 9.18. The molecule has 0 aromatic carbocycles. The molecule has 3 nitrogen and oxygen atoms in total. The Morgan fingerprint density at radius 3 is 2.93 bits per heavy atom.